The Morgan fingerprint density at radius 3 is 1.36 bits per heavy atom. The minimum absolute atomic E-state index is 0. The molecule has 6 N–H and O–H groups in total. The topological polar surface area (TPSA) is 161 Å². The van der Waals surface area contributed by atoms with Crippen LogP contribution in [0.4, 0.5) is 11.4 Å². The Morgan fingerprint density at radius 1 is 0.760 bits per heavy atom. The normalized spacial score (nSPS) is 12.1. The van der Waals surface area contributed by atoms with E-state index in [4.69, 9.17) is 11.5 Å². The van der Waals surface area contributed by atoms with Crippen LogP contribution in [0.25, 0.3) is 12.2 Å². The molecule has 0 saturated heterocycles. The van der Waals surface area contributed by atoms with Gasteiger partial charge in [0.25, 0.3) is 20.2 Å². The number of nitrogens with two attached hydrogens (primary N) is 2. The van der Waals surface area contributed by atoms with E-state index in [-0.39, 0.29) is 53.5 Å². The molecule has 0 aliphatic rings. The molecule has 0 unspecified atom stereocenters. The molecule has 0 fully saturated rings. The summed E-state index contributed by atoms with van der Waals surface area (Å²) >= 11 is 0. The summed E-state index contributed by atoms with van der Waals surface area (Å²) in [4.78, 5) is -1.00. The van der Waals surface area contributed by atoms with E-state index in [0.29, 0.717) is 0 Å². The summed E-state index contributed by atoms with van der Waals surface area (Å²) in [6.07, 6.45) is 2.48. The monoisotopic (exact) mass is 394 g/mol. The summed E-state index contributed by atoms with van der Waals surface area (Å²) in [5, 5.41) is 0. The Morgan fingerprint density at radius 2 is 1.08 bits per heavy atom. The number of hydrogen-bond donors (Lipinski definition) is 4. The fourth-order valence-electron chi connectivity index (χ4n) is 2.18. The van der Waals surface area contributed by atoms with E-state index in [2.05, 4.69) is 0 Å². The molecule has 0 atom stereocenters. The zero-order chi connectivity index (χ0) is 18.1. The molecule has 2 rings (SSSR count). The van der Waals surface area contributed by atoms with Crippen LogP contribution >= 0.6 is 0 Å². The summed E-state index contributed by atoms with van der Waals surface area (Å²) in [5.41, 5.74) is 10.9. The third-order valence-electron chi connectivity index (χ3n) is 3.11. The van der Waals surface area contributed by atoms with E-state index >= 15 is 0 Å². The van der Waals surface area contributed by atoms with E-state index < -0.39 is 30.0 Å². The van der Waals surface area contributed by atoms with Crippen molar-refractivity contribution in [2.24, 2.45) is 0 Å². The maximum atomic E-state index is 11.5. The first kappa shape index (κ1) is 21.6. The van der Waals surface area contributed by atoms with Crippen LogP contribution in [0.5, 0.6) is 0 Å². The fraction of sp³-hybridized carbons (Fsp3) is 0. The molecule has 2 aromatic rings. The first-order valence-electron chi connectivity index (χ1n) is 6.42. The molecule has 0 amide bonds. The Kier molecular flexibility index (Phi) is 6.81. The molecule has 11 heteroatoms. The van der Waals surface area contributed by atoms with Gasteiger partial charge in [-0.3, -0.25) is 9.11 Å². The molecular formula is C14H15N2NaO6S2. The van der Waals surface area contributed by atoms with E-state index in [1.54, 1.807) is 0 Å². The number of anilines is 2. The van der Waals surface area contributed by atoms with Crippen LogP contribution in [0, 0.1) is 0 Å². The summed E-state index contributed by atoms with van der Waals surface area (Å²) in [7, 11) is -9.17. The Balaban J connectivity index is 0.00000312. The molecule has 0 heterocycles. The Bertz CT molecular complexity index is 956. The van der Waals surface area contributed by atoms with E-state index in [1.807, 2.05) is 0 Å². The van der Waals surface area contributed by atoms with Gasteiger partial charge in [-0.05, 0) is 23.3 Å². The standard InChI is InChI=1S/C14H14N2O6S2.Na.H/c15-11-5-1-3-9(13(11)23(17,18)19)7-8-10-4-2-6-12(16)14(10)24(20,21)22;;/h1-8H,15-16H2,(H,17,18,19)(H,20,21,22);;/q;+1;-1/b8-7+;;. The maximum absolute atomic E-state index is 11.5. The summed E-state index contributed by atoms with van der Waals surface area (Å²) < 4.78 is 64.4. The van der Waals surface area contributed by atoms with Gasteiger partial charge in [-0.25, -0.2) is 0 Å². The Hall–Kier alpha value is -1.40. The van der Waals surface area contributed by atoms with Crippen molar-refractivity contribution in [3.8, 4) is 0 Å². The van der Waals surface area contributed by atoms with Crippen LogP contribution < -0.4 is 41.0 Å². The summed E-state index contributed by atoms with van der Waals surface area (Å²) in [5.74, 6) is 0. The summed E-state index contributed by atoms with van der Waals surface area (Å²) in [6, 6.07) is 8.26. The molecule has 0 saturated carbocycles. The van der Waals surface area contributed by atoms with E-state index in [0.717, 1.165) is 0 Å². The molecule has 130 valence electrons. The molecule has 2 aromatic carbocycles. The van der Waals surface area contributed by atoms with Gasteiger partial charge >= 0.3 is 29.6 Å². The molecule has 0 aliphatic heterocycles. The van der Waals surface area contributed by atoms with Crippen molar-refractivity contribution in [3.05, 3.63) is 47.5 Å². The van der Waals surface area contributed by atoms with Gasteiger partial charge in [0.1, 0.15) is 9.79 Å². The quantitative estimate of drug-likeness (QED) is 0.214. The molecule has 25 heavy (non-hydrogen) atoms. The van der Waals surface area contributed by atoms with Crippen molar-refractivity contribution in [1.82, 2.24) is 0 Å². The van der Waals surface area contributed by atoms with Crippen molar-refractivity contribution in [3.63, 3.8) is 0 Å². The third kappa shape index (κ3) is 5.05. The fourth-order valence-corrected chi connectivity index (χ4v) is 3.78. The van der Waals surface area contributed by atoms with Gasteiger partial charge in [-0.2, -0.15) is 16.8 Å². The van der Waals surface area contributed by atoms with Crippen LogP contribution in [0.15, 0.2) is 46.2 Å². The molecular weight excluding hydrogens is 379 g/mol. The molecule has 0 spiro atoms. The summed E-state index contributed by atoms with van der Waals surface area (Å²) in [6.45, 7) is 0. The Labute approximate surface area is 168 Å². The largest absolute Gasteiger partial charge is 1.00 e. The van der Waals surface area contributed by atoms with Gasteiger partial charge in [0.15, 0.2) is 0 Å². The number of rotatable bonds is 4. The predicted octanol–water partition coefficient (Wildman–Crippen LogP) is -1.37. The SMILES string of the molecule is Nc1cccc(/C=C/c2cccc(N)c2S(=O)(=O)O)c1S(=O)(=O)O.[H-].[Na+]. The van der Waals surface area contributed by atoms with E-state index in [9.17, 15) is 25.9 Å². The number of hydrogen-bond acceptors (Lipinski definition) is 6. The molecule has 0 bridgehead atoms. The van der Waals surface area contributed by atoms with Crippen molar-refractivity contribution in [1.29, 1.82) is 0 Å². The van der Waals surface area contributed by atoms with Crippen LogP contribution in [-0.2, 0) is 20.2 Å². The van der Waals surface area contributed by atoms with Gasteiger partial charge in [-0.15, -0.1) is 0 Å². The predicted molar refractivity (Wildman–Crippen MR) is 91.4 cm³/mol. The molecule has 0 aliphatic carbocycles. The smallest absolute Gasteiger partial charge is 1.00 e. The van der Waals surface area contributed by atoms with Gasteiger partial charge in [0, 0.05) is 0 Å². The van der Waals surface area contributed by atoms with Crippen molar-refractivity contribution in [2.75, 3.05) is 11.5 Å². The molecule has 0 radical (unpaired) electrons. The van der Waals surface area contributed by atoms with Gasteiger partial charge in [0.05, 0.1) is 11.4 Å². The first-order valence-corrected chi connectivity index (χ1v) is 9.30. The number of benzene rings is 2. The van der Waals surface area contributed by atoms with Gasteiger partial charge in [-0.1, -0.05) is 36.4 Å². The van der Waals surface area contributed by atoms with E-state index in [1.165, 1.54) is 48.6 Å². The second kappa shape index (κ2) is 7.87. The second-order valence-corrected chi connectivity index (χ2v) is 7.53. The van der Waals surface area contributed by atoms with Gasteiger partial charge in [0.2, 0.25) is 0 Å². The van der Waals surface area contributed by atoms with Crippen LogP contribution in [0.3, 0.4) is 0 Å². The minimum Gasteiger partial charge on any atom is -1.00 e. The van der Waals surface area contributed by atoms with Gasteiger partial charge < -0.3 is 12.9 Å². The van der Waals surface area contributed by atoms with Crippen LogP contribution in [0.2, 0.25) is 0 Å². The zero-order valence-electron chi connectivity index (χ0n) is 14.1. The maximum Gasteiger partial charge on any atom is 1.00 e. The van der Waals surface area contributed by atoms with Crippen molar-refractivity contribution in [2.45, 2.75) is 9.79 Å². The second-order valence-electron chi connectivity index (χ2n) is 4.81. The van der Waals surface area contributed by atoms with Crippen LogP contribution in [-0.4, -0.2) is 25.9 Å². The number of nitrogen functional groups attached to an aromatic ring is 2. The van der Waals surface area contributed by atoms with Crippen molar-refractivity contribution < 1.29 is 56.9 Å². The van der Waals surface area contributed by atoms with Crippen LogP contribution in [0.1, 0.15) is 12.6 Å². The minimum atomic E-state index is -4.58. The average Bonchev–Trinajstić information content (AvgIpc) is 2.42. The molecule has 0 aromatic heterocycles. The zero-order valence-corrected chi connectivity index (χ0v) is 16.8. The first-order chi connectivity index (χ1) is 11.0. The van der Waals surface area contributed by atoms with Crippen molar-refractivity contribution >= 4 is 43.8 Å². The molecule has 8 nitrogen and oxygen atoms in total. The average molecular weight is 394 g/mol. The third-order valence-corrected chi connectivity index (χ3v) is 5.08.